The molecular formula is C20H23ClN4O2. The predicted molar refractivity (Wildman–Crippen MR) is 108 cm³/mol. The third kappa shape index (κ3) is 5.37. The van der Waals surface area contributed by atoms with Gasteiger partial charge in [-0.3, -0.25) is 9.59 Å². The van der Waals surface area contributed by atoms with Gasteiger partial charge < -0.3 is 20.9 Å². The maximum atomic E-state index is 12.4. The number of benzene rings is 2. The van der Waals surface area contributed by atoms with Crippen LogP contribution in [0.5, 0.6) is 0 Å². The largest absolute Gasteiger partial charge is 0.399 e. The van der Waals surface area contributed by atoms with Crippen LogP contribution in [0.2, 0.25) is 5.02 Å². The summed E-state index contributed by atoms with van der Waals surface area (Å²) in [4.78, 5) is 28.4. The van der Waals surface area contributed by atoms with Crippen molar-refractivity contribution >= 4 is 34.8 Å². The van der Waals surface area contributed by atoms with E-state index in [1.165, 1.54) is 0 Å². The highest BCUT2D eigenvalue weighted by Crippen LogP contribution is 2.20. The van der Waals surface area contributed by atoms with Gasteiger partial charge in [-0.25, -0.2) is 0 Å². The van der Waals surface area contributed by atoms with E-state index < -0.39 is 0 Å². The summed E-state index contributed by atoms with van der Waals surface area (Å²) in [6, 6.07) is 14.8. The van der Waals surface area contributed by atoms with Gasteiger partial charge in [-0.2, -0.15) is 0 Å². The SMILES string of the molecule is Nc1ccc(CC(=O)NCC(=O)N2CCN(c3cccc(Cl)c3)CC2)cc1. The van der Waals surface area contributed by atoms with Crippen LogP contribution in [0.15, 0.2) is 48.5 Å². The number of nitrogens with zero attached hydrogens (tertiary/aromatic N) is 2. The van der Waals surface area contributed by atoms with Crippen molar-refractivity contribution in [3.63, 3.8) is 0 Å². The summed E-state index contributed by atoms with van der Waals surface area (Å²) >= 11 is 6.04. The number of anilines is 2. The molecule has 1 aliphatic heterocycles. The number of carbonyl (C=O) groups is 2. The van der Waals surface area contributed by atoms with Crippen LogP contribution in [0, 0.1) is 0 Å². The zero-order chi connectivity index (χ0) is 19.2. The first-order valence-corrected chi connectivity index (χ1v) is 9.28. The number of amides is 2. The van der Waals surface area contributed by atoms with Gasteiger partial charge >= 0.3 is 0 Å². The van der Waals surface area contributed by atoms with Gasteiger partial charge in [-0.1, -0.05) is 29.8 Å². The maximum Gasteiger partial charge on any atom is 0.242 e. The maximum absolute atomic E-state index is 12.4. The second-order valence-corrected chi connectivity index (χ2v) is 6.98. The number of nitrogens with two attached hydrogens (primary N) is 1. The summed E-state index contributed by atoms with van der Waals surface area (Å²) in [5, 5.41) is 3.40. The van der Waals surface area contributed by atoms with Gasteiger partial charge in [0, 0.05) is 42.6 Å². The lowest BCUT2D eigenvalue weighted by Crippen LogP contribution is -2.51. The fraction of sp³-hybridized carbons (Fsp3) is 0.300. The first kappa shape index (κ1) is 19.0. The molecule has 0 bridgehead atoms. The minimum absolute atomic E-state index is 0.0188. The third-order valence-electron chi connectivity index (χ3n) is 4.59. The number of halogens is 1. The molecule has 1 heterocycles. The molecule has 6 nitrogen and oxygen atoms in total. The molecule has 0 saturated carbocycles. The lowest BCUT2D eigenvalue weighted by Gasteiger charge is -2.36. The van der Waals surface area contributed by atoms with Crippen molar-refractivity contribution in [2.24, 2.45) is 0 Å². The first-order chi connectivity index (χ1) is 13.0. The minimum atomic E-state index is -0.175. The number of carbonyl (C=O) groups excluding carboxylic acids is 2. The Bertz CT molecular complexity index is 802. The average molecular weight is 387 g/mol. The van der Waals surface area contributed by atoms with E-state index in [4.69, 9.17) is 17.3 Å². The van der Waals surface area contributed by atoms with E-state index in [1.807, 2.05) is 36.4 Å². The third-order valence-corrected chi connectivity index (χ3v) is 4.82. The van der Waals surface area contributed by atoms with Gasteiger partial charge in [0.1, 0.15) is 0 Å². The normalized spacial score (nSPS) is 14.1. The van der Waals surface area contributed by atoms with Gasteiger partial charge in [0.2, 0.25) is 11.8 Å². The van der Waals surface area contributed by atoms with Crippen molar-refractivity contribution in [3.05, 3.63) is 59.1 Å². The number of piperazine rings is 1. The Kier molecular flexibility index (Phi) is 6.19. The molecule has 0 atom stereocenters. The van der Waals surface area contributed by atoms with Gasteiger partial charge in [-0.15, -0.1) is 0 Å². The molecule has 3 rings (SSSR count). The summed E-state index contributed by atoms with van der Waals surface area (Å²) in [6.45, 7) is 2.75. The Morgan fingerprint density at radius 3 is 2.41 bits per heavy atom. The number of rotatable bonds is 5. The zero-order valence-electron chi connectivity index (χ0n) is 15.0. The van der Waals surface area contributed by atoms with Crippen molar-refractivity contribution in [2.45, 2.75) is 6.42 Å². The Labute approximate surface area is 163 Å². The molecule has 0 unspecified atom stereocenters. The smallest absolute Gasteiger partial charge is 0.242 e. The number of nitrogen functional groups attached to an aromatic ring is 1. The quantitative estimate of drug-likeness (QED) is 0.769. The van der Waals surface area contributed by atoms with Crippen molar-refractivity contribution in [1.29, 1.82) is 0 Å². The average Bonchev–Trinajstić information content (AvgIpc) is 2.68. The fourth-order valence-electron chi connectivity index (χ4n) is 3.06. The number of nitrogens with one attached hydrogen (secondary N) is 1. The van der Waals surface area contributed by atoms with Crippen molar-refractivity contribution in [3.8, 4) is 0 Å². The summed E-state index contributed by atoms with van der Waals surface area (Å²) in [6.07, 6.45) is 0.232. The summed E-state index contributed by atoms with van der Waals surface area (Å²) in [7, 11) is 0. The van der Waals surface area contributed by atoms with Gasteiger partial charge in [0.15, 0.2) is 0 Å². The van der Waals surface area contributed by atoms with Crippen LogP contribution in [0.25, 0.3) is 0 Å². The second kappa shape index (κ2) is 8.77. The fourth-order valence-corrected chi connectivity index (χ4v) is 3.24. The van der Waals surface area contributed by atoms with Crippen LogP contribution in [0.1, 0.15) is 5.56 Å². The van der Waals surface area contributed by atoms with E-state index in [0.29, 0.717) is 23.8 Å². The van der Waals surface area contributed by atoms with Crippen LogP contribution in [-0.4, -0.2) is 49.4 Å². The van der Waals surface area contributed by atoms with E-state index in [0.717, 1.165) is 24.3 Å². The highest BCUT2D eigenvalue weighted by Gasteiger charge is 2.21. The molecule has 27 heavy (non-hydrogen) atoms. The monoisotopic (exact) mass is 386 g/mol. The Morgan fingerprint density at radius 1 is 1.04 bits per heavy atom. The standard InChI is InChI=1S/C20H23ClN4O2/c21-16-2-1-3-18(13-16)24-8-10-25(11-9-24)20(27)14-23-19(26)12-15-4-6-17(22)7-5-15/h1-7,13H,8-12,14,22H2,(H,23,26). The molecule has 3 N–H and O–H groups in total. The molecule has 2 aromatic rings. The second-order valence-electron chi connectivity index (χ2n) is 6.54. The summed E-state index contributed by atoms with van der Waals surface area (Å²) < 4.78 is 0. The van der Waals surface area contributed by atoms with Crippen LogP contribution in [0.3, 0.4) is 0 Å². The Balaban J connectivity index is 1.42. The summed E-state index contributed by atoms with van der Waals surface area (Å²) in [5.74, 6) is -0.239. The van der Waals surface area contributed by atoms with E-state index in [2.05, 4.69) is 10.2 Å². The molecule has 1 fully saturated rings. The van der Waals surface area contributed by atoms with Crippen molar-refractivity contribution in [1.82, 2.24) is 10.2 Å². The molecule has 7 heteroatoms. The van der Waals surface area contributed by atoms with E-state index in [1.54, 1.807) is 17.0 Å². The van der Waals surface area contributed by atoms with E-state index in [-0.39, 0.29) is 24.8 Å². The zero-order valence-corrected chi connectivity index (χ0v) is 15.8. The van der Waals surface area contributed by atoms with Gasteiger partial charge in [0.25, 0.3) is 0 Å². The molecule has 1 aliphatic rings. The van der Waals surface area contributed by atoms with Crippen molar-refractivity contribution < 1.29 is 9.59 Å². The molecule has 2 amide bonds. The topological polar surface area (TPSA) is 78.7 Å². The summed E-state index contributed by atoms with van der Waals surface area (Å²) in [5.41, 5.74) is 8.22. The van der Waals surface area contributed by atoms with Gasteiger partial charge in [-0.05, 0) is 35.9 Å². The molecule has 0 aromatic heterocycles. The Morgan fingerprint density at radius 2 is 1.74 bits per heavy atom. The first-order valence-electron chi connectivity index (χ1n) is 8.90. The molecule has 1 saturated heterocycles. The molecule has 0 aliphatic carbocycles. The lowest BCUT2D eigenvalue weighted by atomic mass is 10.1. The number of hydrogen-bond donors (Lipinski definition) is 2. The van der Waals surface area contributed by atoms with Crippen LogP contribution < -0.4 is 16.0 Å². The highest BCUT2D eigenvalue weighted by atomic mass is 35.5. The van der Waals surface area contributed by atoms with E-state index >= 15 is 0 Å². The van der Waals surface area contributed by atoms with Crippen LogP contribution in [-0.2, 0) is 16.0 Å². The van der Waals surface area contributed by atoms with Gasteiger partial charge in [0.05, 0.1) is 13.0 Å². The van der Waals surface area contributed by atoms with Crippen LogP contribution >= 0.6 is 11.6 Å². The molecule has 142 valence electrons. The van der Waals surface area contributed by atoms with Crippen LogP contribution in [0.4, 0.5) is 11.4 Å². The highest BCUT2D eigenvalue weighted by molar-refractivity contribution is 6.30. The molecular weight excluding hydrogens is 364 g/mol. The minimum Gasteiger partial charge on any atom is -0.399 e. The molecule has 2 aromatic carbocycles. The molecule has 0 spiro atoms. The molecule has 0 radical (unpaired) electrons. The lowest BCUT2D eigenvalue weighted by molar-refractivity contribution is -0.133. The number of hydrogen-bond acceptors (Lipinski definition) is 4. The van der Waals surface area contributed by atoms with E-state index in [9.17, 15) is 9.59 Å². The predicted octanol–water partition coefficient (Wildman–Crippen LogP) is 1.93. The Hall–Kier alpha value is -2.73. The van der Waals surface area contributed by atoms with Crippen molar-refractivity contribution in [2.75, 3.05) is 43.4 Å².